The van der Waals surface area contributed by atoms with Gasteiger partial charge in [-0.2, -0.15) is 5.10 Å². The van der Waals surface area contributed by atoms with E-state index < -0.39 is 0 Å². The molecule has 0 aliphatic carbocycles. The molecule has 2 unspecified atom stereocenters. The third-order valence-corrected chi connectivity index (χ3v) is 4.78. The van der Waals surface area contributed by atoms with Gasteiger partial charge in [0.15, 0.2) is 0 Å². The lowest BCUT2D eigenvalue weighted by atomic mass is 10.0. The highest BCUT2D eigenvalue weighted by molar-refractivity contribution is 7.99. The van der Waals surface area contributed by atoms with Crippen molar-refractivity contribution in [2.45, 2.75) is 30.3 Å². The molecule has 100 valence electrons. The maximum absolute atomic E-state index is 4.24. The summed E-state index contributed by atoms with van der Waals surface area (Å²) in [4.78, 5) is 1.45. The van der Waals surface area contributed by atoms with Crippen LogP contribution in [0.15, 0.2) is 47.6 Å². The van der Waals surface area contributed by atoms with Crippen LogP contribution in [0.5, 0.6) is 0 Å². The first-order valence-corrected chi connectivity index (χ1v) is 7.74. The predicted molar refractivity (Wildman–Crippen MR) is 79.6 cm³/mol. The zero-order chi connectivity index (χ0) is 13.1. The number of aromatic nitrogens is 2. The molecule has 2 aromatic rings. The first-order valence-electron chi connectivity index (χ1n) is 6.75. The van der Waals surface area contributed by atoms with E-state index >= 15 is 0 Å². The Morgan fingerprint density at radius 2 is 2.32 bits per heavy atom. The average molecular weight is 273 g/mol. The fraction of sp³-hybridized carbons (Fsp3) is 0.400. The van der Waals surface area contributed by atoms with Gasteiger partial charge >= 0.3 is 0 Å². The van der Waals surface area contributed by atoms with E-state index in [2.05, 4.69) is 41.6 Å². The number of hydrogen-bond donors (Lipinski definition) is 1. The van der Waals surface area contributed by atoms with E-state index in [0.717, 1.165) is 13.1 Å². The van der Waals surface area contributed by atoms with E-state index in [1.54, 1.807) is 0 Å². The lowest BCUT2D eigenvalue weighted by Crippen LogP contribution is -2.34. The minimum Gasteiger partial charge on any atom is -0.312 e. The molecule has 0 radical (unpaired) electrons. The molecule has 1 N–H and O–H groups in total. The largest absolute Gasteiger partial charge is 0.312 e. The predicted octanol–water partition coefficient (Wildman–Crippen LogP) is 2.75. The molecule has 1 aromatic heterocycles. The number of nitrogens with one attached hydrogen (secondary N) is 1. The minimum atomic E-state index is 0.442. The van der Waals surface area contributed by atoms with Crippen molar-refractivity contribution in [3.05, 3.63) is 48.3 Å². The van der Waals surface area contributed by atoms with Crippen molar-refractivity contribution in [3.8, 4) is 0 Å². The Kier molecular flexibility index (Phi) is 3.89. The van der Waals surface area contributed by atoms with Gasteiger partial charge in [0.05, 0.1) is 6.54 Å². The molecule has 0 saturated carbocycles. The van der Waals surface area contributed by atoms with Gasteiger partial charge in [0, 0.05) is 41.5 Å². The van der Waals surface area contributed by atoms with Crippen molar-refractivity contribution in [3.63, 3.8) is 0 Å². The van der Waals surface area contributed by atoms with Crippen molar-refractivity contribution >= 4 is 11.8 Å². The van der Waals surface area contributed by atoms with Gasteiger partial charge in [-0.15, -0.1) is 11.8 Å². The molecule has 2 atom stereocenters. The zero-order valence-corrected chi connectivity index (χ0v) is 11.9. The number of rotatable bonds is 5. The van der Waals surface area contributed by atoms with Crippen molar-refractivity contribution in [1.82, 2.24) is 15.1 Å². The SMILES string of the molecule is CC(Cn1cccn1)NCC1CSc2ccccc21. The number of nitrogens with zero attached hydrogens (tertiary/aromatic N) is 2. The molecule has 3 nitrogen and oxygen atoms in total. The highest BCUT2D eigenvalue weighted by atomic mass is 32.2. The third-order valence-electron chi connectivity index (χ3n) is 3.53. The molecule has 1 aliphatic rings. The highest BCUT2D eigenvalue weighted by Gasteiger charge is 2.22. The molecule has 1 aliphatic heterocycles. The summed E-state index contributed by atoms with van der Waals surface area (Å²) >= 11 is 1.98. The van der Waals surface area contributed by atoms with Crippen LogP contribution in [0.4, 0.5) is 0 Å². The normalized spacial score (nSPS) is 19.3. The minimum absolute atomic E-state index is 0.442. The van der Waals surface area contributed by atoms with Crippen LogP contribution in [0.1, 0.15) is 18.4 Å². The van der Waals surface area contributed by atoms with E-state index in [9.17, 15) is 0 Å². The van der Waals surface area contributed by atoms with Crippen molar-refractivity contribution < 1.29 is 0 Å². The van der Waals surface area contributed by atoms with Gasteiger partial charge in [-0.3, -0.25) is 4.68 Å². The lowest BCUT2D eigenvalue weighted by Gasteiger charge is -2.17. The van der Waals surface area contributed by atoms with Gasteiger partial charge in [0.25, 0.3) is 0 Å². The fourth-order valence-corrected chi connectivity index (χ4v) is 3.75. The topological polar surface area (TPSA) is 29.9 Å². The summed E-state index contributed by atoms with van der Waals surface area (Å²) < 4.78 is 1.98. The number of hydrogen-bond acceptors (Lipinski definition) is 3. The molecule has 0 saturated heterocycles. The Hall–Kier alpha value is -1.26. The molecular weight excluding hydrogens is 254 g/mol. The van der Waals surface area contributed by atoms with Gasteiger partial charge in [0.2, 0.25) is 0 Å². The van der Waals surface area contributed by atoms with Gasteiger partial charge in [-0.1, -0.05) is 18.2 Å². The molecule has 4 heteroatoms. The van der Waals surface area contributed by atoms with Crippen LogP contribution in [0.2, 0.25) is 0 Å². The summed E-state index contributed by atoms with van der Waals surface area (Å²) in [5.41, 5.74) is 1.51. The van der Waals surface area contributed by atoms with E-state index in [-0.39, 0.29) is 0 Å². The second-order valence-electron chi connectivity index (χ2n) is 5.08. The summed E-state index contributed by atoms with van der Waals surface area (Å²) in [6, 6.07) is 11.2. The summed E-state index contributed by atoms with van der Waals surface area (Å²) in [5.74, 6) is 1.84. The summed E-state index contributed by atoms with van der Waals surface area (Å²) in [7, 11) is 0. The van der Waals surface area contributed by atoms with Crippen LogP contribution < -0.4 is 5.32 Å². The van der Waals surface area contributed by atoms with Gasteiger partial charge in [0.1, 0.15) is 0 Å². The second-order valence-corrected chi connectivity index (χ2v) is 6.14. The number of benzene rings is 1. The molecule has 3 rings (SSSR count). The van der Waals surface area contributed by atoms with Crippen LogP contribution in [-0.4, -0.2) is 28.1 Å². The summed E-state index contributed by atoms with van der Waals surface area (Å²) in [6.07, 6.45) is 3.84. The molecule has 0 bridgehead atoms. The van der Waals surface area contributed by atoms with Crippen molar-refractivity contribution in [1.29, 1.82) is 0 Å². The summed E-state index contributed by atoms with van der Waals surface area (Å²) in [6.45, 7) is 4.19. The van der Waals surface area contributed by atoms with Crippen molar-refractivity contribution in [2.75, 3.05) is 12.3 Å². The third kappa shape index (κ3) is 3.01. The Balaban J connectivity index is 1.53. The Morgan fingerprint density at radius 3 is 3.16 bits per heavy atom. The quantitative estimate of drug-likeness (QED) is 0.908. The molecule has 19 heavy (non-hydrogen) atoms. The molecule has 0 amide bonds. The molecule has 2 heterocycles. The first kappa shape index (κ1) is 12.8. The zero-order valence-electron chi connectivity index (χ0n) is 11.1. The lowest BCUT2D eigenvalue weighted by molar-refractivity contribution is 0.441. The van der Waals surface area contributed by atoms with Crippen molar-refractivity contribution in [2.24, 2.45) is 0 Å². The smallest absolute Gasteiger partial charge is 0.0559 e. The Labute approximate surface area is 118 Å². The molecular formula is C15H19N3S. The van der Waals surface area contributed by atoms with E-state index in [0.29, 0.717) is 12.0 Å². The summed E-state index contributed by atoms with van der Waals surface area (Å²) in [5, 5.41) is 7.87. The maximum atomic E-state index is 4.24. The van der Waals surface area contributed by atoms with Gasteiger partial charge in [-0.05, 0) is 24.6 Å². The maximum Gasteiger partial charge on any atom is 0.0559 e. The number of fused-ring (bicyclic) bond motifs is 1. The number of thioether (sulfide) groups is 1. The average Bonchev–Trinajstić information content (AvgIpc) is 3.05. The van der Waals surface area contributed by atoms with Crippen LogP contribution in [0, 0.1) is 0 Å². The van der Waals surface area contributed by atoms with Gasteiger partial charge < -0.3 is 5.32 Å². The van der Waals surface area contributed by atoms with Crippen LogP contribution in [0.25, 0.3) is 0 Å². The molecule has 0 fully saturated rings. The highest BCUT2D eigenvalue weighted by Crippen LogP contribution is 2.38. The molecule has 0 spiro atoms. The van der Waals surface area contributed by atoms with E-state index in [1.807, 2.05) is 34.9 Å². The van der Waals surface area contributed by atoms with E-state index in [1.165, 1.54) is 16.2 Å². The molecule has 1 aromatic carbocycles. The van der Waals surface area contributed by atoms with Gasteiger partial charge in [-0.25, -0.2) is 0 Å². The Morgan fingerprint density at radius 1 is 1.42 bits per heavy atom. The second kappa shape index (κ2) is 5.80. The van der Waals surface area contributed by atoms with E-state index in [4.69, 9.17) is 0 Å². The standard InChI is InChI=1S/C15H19N3S/c1-12(10-18-8-4-7-17-18)16-9-13-11-19-15-6-3-2-5-14(13)15/h2-8,12-13,16H,9-11H2,1H3. The first-order chi connectivity index (χ1) is 9.33. The van der Waals surface area contributed by atoms with Crippen LogP contribution in [0.3, 0.4) is 0 Å². The fourth-order valence-electron chi connectivity index (χ4n) is 2.50. The Bertz CT molecular complexity index is 524. The van der Waals surface area contributed by atoms with Crippen LogP contribution in [-0.2, 0) is 6.54 Å². The van der Waals surface area contributed by atoms with Crippen LogP contribution >= 0.6 is 11.8 Å². The monoisotopic (exact) mass is 273 g/mol.